The van der Waals surface area contributed by atoms with Crippen LogP contribution >= 0.6 is 0 Å². The van der Waals surface area contributed by atoms with E-state index in [1.807, 2.05) is 6.92 Å². The summed E-state index contributed by atoms with van der Waals surface area (Å²) < 4.78 is 36.3. The minimum absolute atomic E-state index is 0.0119. The van der Waals surface area contributed by atoms with Crippen LogP contribution in [0, 0.1) is 5.82 Å². The molecule has 0 spiro atoms. The lowest BCUT2D eigenvalue weighted by Crippen LogP contribution is -2.36. The van der Waals surface area contributed by atoms with E-state index in [0.29, 0.717) is 25.9 Å². The second kappa shape index (κ2) is 7.78. The summed E-state index contributed by atoms with van der Waals surface area (Å²) in [5, 5.41) is 5.21. The van der Waals surface area contributed by atoms with Crippen LogP contribution in [0.25, 0.3) is 0 Å². The van der Waals surface area contributed by atoms with Gasteiger partial charge < -0.3 is 4.90 Å². The third-order valence-corrected chi connectivity index (χ3v) is 6.04. The number of benzene rings is 2. The van der Waals surface area contributed by atoms with Crippen molar-refractivity contribution in [3.8, 4) is 0 Å². The lowest BCUT2D eigenvalue weighted by atomic mass is 9.92. The summed E-state index contributed by atoms with van der Waals surface area (Å²) in [6.45, 7) is 2.98. The topological polar surface area (TPSA) is 80.5 Å². The Balaban J connectivity index is 1.74. The second-order valence-electron chi connectivity index (χ2n) is 6.90. The number of halogens is 1. The number of sulfonamides is 1. The molecular formula is C20H23FN2O3S. The minimum atomic E-state index is -3.77. The van der Waals surface area contributed by atoms with Gasteiger partial charge in [-0.1, -0.05) is 25.1 Å². The van der Waals surface area contributed by atoms with Gasteiger partial charge in [-0.05, 0) is 59.7 Å². The van der Waals surface area contributed by atoms with Crippen molar-refractivity contribution in [3.63, 3.8) is 0 Å². The van der Waals surface area contributed by atoms with Crippen LogP contribution in [0.4, 0.5) is 4.39 Å². The number of primary sulfonamides is 1. The normalized spacial score (nSPS) is 15.3. The van der Waals surface area contributed by atoms with E-state index in [2.05, 4.69) is 0 Å². The number of carbonyl (C=O) groups excluding carboxylic acids is 1. The summed E-state index contributed by atoms with van der Waals surface area (Å²) in [6.07, 6.45) is 1.79. The van der Waals surface area contributed by atoms with Gasteiger partial charge in [-0.3, -0.25) is 4.79 Å². The van der Waals surface area contributed by atoms with Crippen molar-refractivity contribution >= 4 is 15.9 Å². The average molecular weight is 390 g/mol. The molecule has 1 heterocycles. The Morgan fingerprint density at radius 3 is 2.52 bits per heavy atom. The Morgan fingerprint density at radius 1 is 1.19 bits per heavy atom. The van der Waals surface area contributed by atoms with Gasteiger partial charge in [0.05, 0.1) is 4.90 Å². The van der Waals surface area contributed by atoms with Crippen molar-refractivity contribution in [1.82, 2.24) is 4.90 Å². The lowest BCUT2D eigenvalue weighted by Gasteiger charge is -2.30. The fourth-order valence-electron chi connectivity index (χ4n) is 3.50. The molecule has 7 heteroatoms. The molecule has 2 aromatic rings. The standard InChI is InChI=1S/C20H23FN2O3S/c1-2-14(15-3-6-18(21)7-4-15)12-20(24)23-10-9-16-5-8-19(27(22,25)26)11-17(16)13-23/h3-8,11,14H,2,9-10,12-13H2,1H3,(H2,22,25,26). The van der Waals surface area contributed by atoms with Crippen molar-refractivity contribution in [2.75, 3.05) is 6.54 Å². The Bertz CT molecular complexity index is 942. The van der Waals surface area contributed by atoms with Gasteiger partial charge >= 0.3 is 0 Å². The number of nitrogens with two attached hydrogens (primary N) is 1. The third-order valence-electron chi connectivity index (χ3n) is 5.13. The fraction of sp³-hybridized carbons (Fsp3) is 0.350. The maximum atomic E-state index is 13.1. The van der Waals surface area contributed by atoms with E-state index in [-0.39, 0.29) is 22.5 Å². The molecule has 0 radical (unpaired) electrons. The molecule has 1 unspecified atom stereocenters. The van der Waals surface area contributed by atoms with E-state index in [9.17, 15) is 17.6 Å². The number of nitrogens with zero attached hydrogens (tertiary/aromatic N) is 1. The van der Waals surface area contributed by atoms with Crippen molar-refractivity contribution in [3.05, 3.63) is 65.0 Å². The molecule has 5 nitrogen and oxygen atoms in total. The molecule has 2 aromatic carbocycles. The molecular weight excluding hydrogens is 367 g/mol. The van der Waals surface area contributed by atoms with E-state index in [0.717, 1.165) is 23.1 Å². The number of fused-ring (bicyclic) bond motifs is 1. The van der Waals surface area contributed by atoms with Gasteiger partial charge in [-0.15, -0.1) is 0 Å². The van der Waals surface area contributed by atoms with Crippen LogP contribution in [0.3, 0.4) is 0 Å². The highest BCUT2D eigenvalue weighted by atomic mass is 32.2. The summed E-state index contributed by atoms with van der Waals surface area (Å²) in [7, 11) is -3.77. The predicted octanol–water partition coefficient (Wildman–Crippen LogP) is 2.94. The molecule has 1 atom stereocenters. The zero-order valence-corrected chi connectivity index (χ0v) is 16.0. The quantitative estimate of drug-likeness (QED) is 0.852. The highest BCUT2D eigenvalue weighted by molar-refractivity contribution is 7.89. The molecule has 2 N–H and O–H groups in total. The number of hydrogen-bond acceptors (Lipinski definition) is 3. The molecule has 1 aliphatic heterocycles. The van der Waals surface area contributed by atoms with Crippen molar-refractivity contribution < 1.29 is 17.6 Å². The molecule has 1 aliphatic rings. The molecule has 1 amide bonds. The monoisotopic (exact) mass is 390 g/mol. The maximum Gasteiger partial charge on any atom is 0.238 e. The third kappa shape index (κ3) is 4.54. The predicted molar refractivity (Wildman–Crippen MR) is 101 cm³/mol. The summed E-state index contributed by atoms with van der Waals surface area (Å²) in [4.78, 5) is 14.6. The first-order valence-corrected chi connectivity index (χ1v) is 10.5. The Morgan fingerprint density at radius 2 is 1.89 bits per heavy atom. The van der Waals surface area contributed by atoms with Crippen molar-refractivity contribution in [2.24, 2.45) is 5.14 Å². The first-order valence-electron chi connectivity index (χ1n) is 8.95. The molecule has 144 valence electrons. The largest absolute Gasteiger partial charge is 0.338 e. The van der Waals surface area contributed by atoms with Crippen LogP contribution < -0.4 is 5.14 Å². The van der Waals surface area contributed by atoms with Crippen LogP contribution in [0.2, 0.25) is 0 Å². The maximum absolute atomic E-state index is 13.1. The summed E-state index contributed by atoms with van der Waals surface area (Å²) >= 11 is 0. The van der Waals surface area contributed by atoms with E-state index >= 15 is 0 Å². The van der Waals surface area contributed by atoms with Crippen molar-refractivity contribution in [1.29, 1.82) is 0 Å². The van der Waals surface area contributed by atoms with Gasteiger partial charge in [0, 0.05) is 19.5 Å². The van der Waals surface area contributed by atoms with Crippen molar-refractivity contribution in [2.45, 2.75) is 43.5 Å². The van der Waals surface area contributed by atoms with Gasteiger partial charge in [0.15, 0.2) is 0 Å². The van der Waals surface area contributed by atoms with E-state index in [1.165, 1.54) is 18.2 Å². The molecule has 27 heavy (non-hydrogen) atoms. The molecule has 0 bridgehead atoms. The van der Waals surface area contributed by atoms with Crippen LogP contribution in [-0.4, -0.2) is 25.8 Å². The molecule has 0 aromatic heterocycles. The second-order valence-corrected chi connectivity index (χ2v) is 8.46. The smallest absolute Gasteiger partial charge is 0.238 e. The molecule has 0 saturated heterocycles. The molecule has 0 fully saturated rings. The molecule has 3 rings (SSSR count). The SMILES string of the molecule is CCC(CC(=O)N1CCc2ccc(S(N)(=O)=O)cc2C1)c1ccc(F)cc1. The zero-order valence-electron chi connectivity index (χ0n) is 15.2. The Labute approximate surface area is 159 Å². The highest BCUT2D eigenvalue weighted by Crippen LogP contribution is 2.27. The van der Waals surface area contributed by atoms with Gasteiger partial charge in [0.2, 0.25) is 15.9 Å². The Kier molecular flexibility index (Phi) is 5.62. The molecule has 0 aliphatic carbocycles. The van der Waals surface area contributed by atoms with Crippen LogP contribution in [0.1, 0.15) is 42.4 Å². The van der Waals surface area contributed by atoms with E-state index in [1.54, 1.807) is 29.2 Å². The first kappa shape index (κ1) is 19.5. The number of hydrogen-bond donors (Lipinski definition) is 1. The lowest BCUT2D eigenvalue weighted by molar-refractivity contribution is -0.132. The first-order chi connectivity index (χ1) is 12.8. The van der Waals surface area contributed by atoms with Gasteiger partial charge in [-0.25, -0.2) is 17.9 Å². The zero-order chi connectivity index (χ0) is 19.6. The highest BCUT2D eigenvalue weighted by Gasteiger charge is 2.24. The van der Waals surface area contributed by atoms with Gasteiger partial charge in [-0.2, -0.15) is 0 Å². The van der Waals surface area contributed by atoms with Crippen LogP contribution in [-0.2, 0) is 27.8 Å². The number of rotatable bonds is 5. The summed E-state index contributed by atoms with van der Waals surface area (Å²) in [5.41, 5.74) is 2.80. The number of amides is 1. The van der Waals surface area contributed by atoms with E-state index < -0.39 is 10.0 Å². The number of carbonyl (C=O) groups is 1. The van der Waals surface area contributed by atoms with Crippen LogP contribution in [0.15, 0.2) is 47.4 Å². The van der Waals surface area contributed by atoms with Gasteiger partial charge in [0.1, 0.15) is 5.82 Å². The van der Waals surface area contributed by atoms with Crippen LogP contribution in [0.5, 0.6) is 0 Å². The average Bonchev–Trinajstić information content (AvgIpc) is 2.65. The van der Waals surface area contributed by atoms with E-state index in [4.69, 9.17) is 5.14 Å². The van der Waals surface area contributed by atoms with Gasteiger partial charge in [0.25, 0.3) is 0 Å². The summed E-state index contributed by atoms with van der Waals surface area (Å²) in [6, 6.07) is 11.1. The summed E-state index contributed by atoms with van der Waals surface area (Å²) in [5.74, 6) is -0.258. The minimum Gasteiger partial charge on any atom is -0.338 e. The Hall–Kier alpha value is -2.25. The molecule has 0 saturated carbocycles. The fourth-order valence-corrected chi connectivity index (χ4v) is 4.06.